The molecule has 0 aliphatic heterocycles. The van der Waals surface area contributed by atoms with Crippen LogP contribution in [0.15, 0.2) is 30.6 Å². The van der Waals surface area contributed by atoms with Gasteiger partial charge < -0.3 is 5.32 Å². The third-order valence-electron chi connectivity index (χ3n) is 3.50. The van der Waals surface area contributed by atoms with Crippen molar-refractivity contribution in [2.45, 2.75) is 31.7 Å². The molecule has 2 aromatic rings. The molecular weight excluding hydrogens is 248 g/mol. The van der Waals surface area contributed by atoms with Gasteiger partial charge in [0.05, 0.1) is 5.69 Å². The third kappa shape index (κ3) is 2.45. The molecule has 1 aliphatic carbocycles. The molecule has 1 aromatic heterocycles. The highest BCUT2D eigenvalue weighted by atomic mass is 19.1. The van der Waals surface area contributed by atoms with Crippen LogP contribution in [0.5, 0.6) is 0 Å². The molecule has 0 bridgehead atoms. The van der Waals surface area contributed by atoms with E-state index in [1.807, 2.05) is 0 Å². The Kier molecular flexibility index (Phi) is 3.19. The SMILES string of the molecule is Fc1ccc(F)c(-n2ccnc2NC2CCCC2)c1. The van der Waals surface area contributed by atoms with E-state index in [0.29, 0.717) is 12.0 Å². The summed E-state index contributed by atoms with van der Waals surface area (Å²) in [5.41, 5.74) is 0.179. The average Bonchev–Trinajstić information content (AvgIpc) is 3.04. The topological polar surface area (TPSA) is 29.9 Å². The van der Waals surface area contributed by atoms with Crippen LogP contribution >= 0.6 is 0 Å². The summed E-state index contributed by atoms with van der Waals surface area (Å²) in [5.74, 6) is -0.359. The Balaban J connectivity index is 1.92. The number of halogens is 2. The van der Waals surface area contributed by atoms with Crippen LogP contribution in [0.25, 0.3) is 5.69 Å². The largest absolute Gasteiger partial charge is 0.353 e. The monoisotopic (exact) mass is 263 g/mol. The predicted octanol–water partition coefficient (Wildman–Crippen LogP) is 3.51. The van der Waals surface area contributed by atoms with E-state index < -0.39 is 11.6 Å². The minimum atomic E-state index is -0.464. The first-order chi connectivity index (χ1) is 9.24. The molecule has 1 aliphatic rings. The van der Waals surface area contributed by atoms with Crippen molar-refractivity contribution < 1.29 is 8.78 Å². The van der Waals surface area contributed by atoms with E-state index in [9.17, 15) is 8.78 Å². The molecule has 0 radical (unpaired) electrons. The fourth-order valence-corrected chi connectivity index (χ4v) is 2.53. The van der Waals surface area contributed by atoms with Gasteiger partial charge in [0, 0.05) is 24.5 Å². The summed E-state index contributed by atoms with van der Waals surface area (Å²) in [4.78, 5) is 4.19. The molecule has 1 N–H and O–H groups in total. The van der Waals surface area contributed by atoms with Crippen molar-refractivity contribution in [3.63, 3.8) is 0 Å². The molecule has 1 saturated carbocycles. The number of nitrogens with zero attached hydrogens (tertiary/aromatic N) is 2. The van der Waals surface area contributed by atoms with Crippen molar-refractivity contribution in [1.82, 2.24) is 9.55 Å². The second-order valence-corrected chi connectivity index (χ2v) is 4.84. The summed E-state index contributed by atoms with van der Waals surface area (Å²) < 4.78 is 28.6. The number of rotatable bonds is 3. The van der Waals surface area contributed by atoms with Gasteiger partial charge in [0.15, 0.2) is 0 Å². The Labute approximate surface area is 110 Å². The van der Waals surface area contributed by atoms with E-state index in [4.69, 9.17) is 0 Å². The van der Waals surface area contributed by atoms with E-state index >= 15 is 0 Å². The lowest BCUT2D eigenvalue weighted by atomic mass is 10.2. The van der Waals surface area contributed by atoms with Gasteiger partial charge in [-0.25, -0.2) is 13.8 Å². The number of aromatic nitrogens is 2. The van der Waals surface area contributed by atoms with E-state index in [0.717, 1.165) is 25.0 Å². The van der Waals surface area contributed by atoms with Crippen LogP contribution in [0, 0.1) is 11.6 Å². The Morgan fingerprint density at radius 1 is 1.21 bits per heavy atom. The first-order valence-electron chi connectivity index (χ1n) is 6.49. The first kappa shape index (κ1) is 12.1. The van der Waals surface area contributed by atoms with Crippen LogP contribution in [-0.2, 0) is 0 Å². The van der Waals surface area contributed by atoms with Gasteiger partial charge in [-0.3, -0.25) is 4.57 Å². The van der Waals surface area contributed by atoms with Crippen LogP contribution in [0.1, 0.15) is 25.7 Å². The predicted molar refractivity (Wildman–Crippen MR) is 69.4 cm³/mol. The number of nitrogens with one attached hydrogen (secondary N) is 1. The fraction of sp³-hybridized carbons (Fsp3) is 0.357. The highest BCUT2D eigenvalue weighted by molar-refractivity contribution is 5.43. The number of anilines is 1. The number of benzene rings is 1. The molecule has 0 spiro atoms. The minimum Gasteiger partial charge on any atom is -0.353 e. The normalized spacial score (nSPS) is 15.9. The van der Waals surface area contributed by atoms with Crippen LogP contribution in [0.4, 0.5) is 14.7 Å². The van der Waals surface area contributed by atoms with Crippen molar-refractivity contribution >= 4 is 5.95 Å². The van der Waals surface area contributed by atoms with Crippen molar-refractivity contribution in [3.8, 4) is 5.69 Å². The summed E-state index contributed by atoms with van der Waals surface area (Å²) in [6, 6.07) is 3.79. The second kappa shape index (κ2) is 4.99. The van der Waals surface area contributed by atoms with E-state index in [1.54, 1.807) is 17.0 Å². The summed E-state index contributed by atoms with van der Waals surface area (Å²) in [7, 11) is 0. The summed E-state index contributed by atoms with van der Waals surface area (Å²) in [5, 5.41) is 3.30. The number of hydrogen-bond donors (Lipinski definition) is 1. The van der Waals surface area contributed by atoms with Gasteiger partial charge in [0.2, 0.25) is 5.95 Å². The molecular formula is C14H15F2N3. The highest BCUT2D eigenvalue weighted by Gasteiger charge is 2.18. The number of hydrogen-bond acceptors (Lipinski definition) is 2. The van der Waals surface area contributed by atoms with Gasteiger partial charge in [0.25, 0.3) is 0 Å². The zero-order chi connectivity index (χ0) is 13.2. The molecule has 5 heteroatoms. The molecule has 1 fully saturated rings. The summed E-state index contributed by atoms with van der Waals surface area (Å²) >= 11 is 0. The maximum Gasteiger partial charge on any atom is 0.207 e. The van der Waals surface area contributed by atoms with Gasteiger partial charge in [-0.05, 0) is 25.0 Å². The van der Waals surface area contributed by atoms with E-state index in [-0.39, 0.29) is 5.69 Å². The zero-order valence-electron chi connectivity index (χ0n) is 10.4. The minimum absolute atomic E-state index is 0.179. The first-order valence-corrected chi connectivity index (χ1v) is 6.49. The molecule has 1 aromatic carbocycles. The van der Waals surface area contributed by atoms with Crippen molar-refractivity contribution in [2.24, 2.45) is 0 Å². The molecule has 3 rings (SSSR count). The Bertz CT molecular complexity index is 574. The molecule has 100 valence electrons. The highest BCUT2D eigenvalue weighted by Crippen LogP contribution is 2.24. The lowest BCUT2D eigenvalue weighted by Gasteiger charge is -2.15. The fourth-order valence-electron chi connectivity index (χ4n) is 2.53. The van der Waals surface area contributed by atoms with Gasteiger partial charge in [-0.1, -0.05) is 12.8 Å². The molecule has 0 saturated heterocycles. The zero-order valence-corrected chi connectivity index (χ0v) is 10.4. The lowest BCUT2D eigenvalue weighted by Crippen LogP contribution is -2.18. The molecule has 0 amide bonds. The third-order valence-corrected chi connectivity index (χ3v) is 3.50. The van der Waals surface area contributed by atoms with Crippen LogP contribution < -0.4 is 5.32 Å². The van der Waals surface area contributed by atoms with Crippen molar-refractivity contribution in [2.75, 3.05) is 5.32 Å². The van der Waals surface area contributed by atoms with Crippen LogP contribution in [-0.4, -0.2) is 15.6 Å². The van der Waals surface area contributed by atoms with Crippen LogP contribution in [0.3, 0.4) is 0 Å². The lowest BCUT2D eigenvalue weighted by molar-refractivity contribution is 0.592. The van der Waals surface area contributed by atoms with Gasteiger partial charge in [0.1, 0.15) is 11.6 Å². The Morgan fingerprint density at radius 3 is 2.79 bits per heavy atom. The molecule has 0 atom stereocenters. The van der Waals surface area contributed by atoms with E-state index in [1.165, 1.54) is 18.9 Å². The van der Waals surface area contributed by atoms with E-state index in [2.05, 4.69) is 10.3 Å². The summed E-state index contributed by atoms with van der Waals surface area (Å²) in [6.07, 6.45) is 7.81. The Morgan fingerprint density at radius 2 is 2.00 bits per heavy atom. The maximum atomic E-state index is 13.8. The standard InChI is InChI=1S/C14H15F2N3/c15-10-5-6-12(16)13(9-10)19-8-7-17-14(19)18-11-3-1-2-4-11/h5-9,11H,1-4H2,(H,17,18). The van der Waals surface area contributed by atoms with Crippen LogP contribution in [0.2, 0.25) is 0 Å². The molecule has 0 unspecified atom stereocenters. The van der Waals surface area contributed by atoms with Crippen molar-refractivity contribution in [3.05, 3.63) is 42.2 Å². The number of imidazole rings is 1. The average molecular weight is 263 g/mol. The van der Waals surface area contributed by atoms with Gasteiger partial charge in [-0.15, -0.1) is 0 Å². The Hall–Kier alpha value is -1.91. The second-order valence-electron chi connectivity index (χ2n) is 4.84. The smallest absolute Gasteiger partial charge is 0.207 e. The van der Waals surface area contributed by atoms with Gasteiger partial charge in [-0.2, -0.15) is 0 Å². The summed E-state index contributed by atoms with van der Waals surface area (Å²) in [6.45, 7) is 0. The quantitative estimate of drug-likeness (QED) is 0.918. The van der Waals surface area contributed by atoms with Crippen molar-refractivity contribution in [1.29, 1.82) is 0 Å². The molecule has 19 heavy (non-hydrogen) atoms. The molecule has 1 heterocycles. The maximum absolute atomic E-state index is 13.8. The van der Waals surface area contributed by atoms with Gasteiger partial charge >= 0.3 is 0 Å². The molecule has 3 nitrogen and oxygen atoms in total.